The Morgan fingerprint density at radius 1 is 1.33 bits per heavy atom. The van der Waals surface area contributed by atoms with Gasteiger partial charge in [0, 0.05) is 42.3 Å². The number of piperidine rings is 1. The Labute approximate surface area is 178 Å². The summed E-state index contributed by atoms with van der Waals surface area (Å²) in [4.78, 5) is 31.8. The van der Waals surface area contributed by atoms with Crippen LogP contribution in [0.3, 0.4) is 0 Å². The van der Waals surface area contributed by atoms with Crippen LogP contribution in [0.1, 0.15) is 31.9 Å². The van der Waals surface area contributed by atoms with Crippen molar-refractivity contribution in [1.29, 1.82) is 0 Å². The van der Waals surface area contributed by atoms with Gasteiger partial charge in [-0.15, -0.1) is 11.3 Å². The Morgan fingerprint density at radius 2 is 2.17 bits per heavy atom. The van der Waals surface area contributed by atoms with Crippen molar-refractivity contribution in [2.75, 3.05) is 19.7 Å². The zero-order valence-corrected chi connectivity index (χ0v) is 17.7. The van der Waals surface area contributed by atoms with Crippen LogP contribution in [-0.2, 0) is 20.7 Å². The monoisotopic (exact) mass is 429 g/mol. The number of carbonyl (C=O) groups excluding carboxylic acids is 2. The predicted molar refractivity (Wildman–Crippen MR) is 113 cm³/mol. The number of hydrogen-bond acceptors (Lipinski definition) is 5. The van der Waals surface area contributed by atoms with Crippen LogP contribution in [0.2, 0.25) is 0 Å². The Balaban J connectivity index is 1.42. The summed E-state index contributed by atoms with van der Waals surface area (Å²) in [5.74, 6) is -0.708. The van der Waals surface area contributed by atoms with E-state index in [0.717, 1.165) is 23.5 Å². The lowest BCUT2D eigenvalue weighted by molar-refractivity contribution is -0.151. The van der Waals surface area contributed by atoms with Gasteiger partial charge in [0.15, 0.2) is 4.96 Å². The number of nitrogens with zero attached hydrogens (tertiary/aromatic N) is 3. The fourth-order valence-electron chi connectivity index (χ4n) is 3.86. The summed E-state index contributed by atoms with van der Waals surface area (Å²) in [7, 11) is 0. The van der Waals surface area contributed by atoms with Crippen LogP contribution < -0.4 is 0 Å². The predicted octanol–water partition coefficient (Wildman–Crippen LogP) is 3.94. The number of thiazole rings is 1. The number of aromatic nitrogens is 2. The Hall–Kier alpha value is -2.74. The van der Waals surface area contributed by atoms with Gasteiger partial charge >= 0.3 is 5.97 Å². The highest BCUT2D eigenvalue weighted by Crippen LogP contribution is 2.26. The third-order valence-corrected chi connectivity index (χ3v) is 6.31. The SMILES string of the molecule is CCOC(=O)C1CCCN(C(=O)CCc2csc3nc(-c4ccccc4F)cn23)C1. The molecule has 0 N–H and O–H groups in total. The third-order valence-electron chi connectivity index (χ3n) is 5.42. The van der Waals surface area contributed by atoms with Crippen LogP contribution in [-0.4, -0.2) is 45.9 Å². The molecule has 1 atom stereocenters. The molecule has 3 heterocycles. The normalized spacial score (nSPS) is 16.7. The van der Waals surface area contributed by atoms with Crippen molar-refractivity contribution in [2.24, 2.45) is 5.92 Å². The molecular weight excluding hydrogens is 405 g/mol. The number of imidazole rings is 1. The summed E-state index contributed by atoms with van der Waals surface area (Å²) in [6, 6.07) is 6.57. The lowest BCUT2D eigenvalue weighted by Crippen LogP contribution is -2.42. The first-order valence-electron chi connectivity index (χ1n) is 10.2. The number of carbonyl (C=O) groups is 2. The van der Waals surface area contributed by atoms with Crippen LogP contribution in [0.25, 0.3) is 16.2 Å². The summed E-state index contributed by atoms with van der Waals surface area (Å²) in [6.45, 7) is 3.26. The van der Waals surface area contributed by atoms with E-state index in [1.54, 1.807) is 30.0 Å². The summed E-state index contributed by atoms with van der Waals surface area (Å²) in [6.07, 6.45) is 4.32. The van der Waals surface area contributed by atoms with Crippen molar-refractivity contribution in [3.05, 3.63) is 47.4 Å². The van der Waals surface area contributed by atoms with Crippen molar-refractivity contribution in [2.45, 2.75) is 32.6 Å². The summed E-state index contributed by atoms with van der Waals surface area (Å²) in [5.41, 5.74) is 2.02. The second kappa shape index (κ2) is 8.95. The van der Waals surface area contributed by atoms with Gasteiger partial charge in [0.1, 0.15) is 5.82 Å². The number of fused-ring (bicyclic) bond motifs is 1. The van der Waals surface area contributed by atoms with Crippen molar-refractivity contribution in [3.8, 4) is 11.3 Å². The number of amides is 1. The molecule has 1 amide bonds. The number of aryl methyl sites for hydroxylation is 1. The minimum atomic E-state index is -0.304. The Morgan fingerprint density at radius 3 is 2.97 bits per heavy atom. The van der Waals surface area contributed by atoms with Gasteiger partial charge in [0.25, 0.3) is 0 Å². The van der Waals surface area contributed by atoms with Crippen LogP contribution >= 0.6 is 11.3 Å². The zero-order chi connectivity index (χ0) is 21.1. The number of rotatable bonds is 6. The molecule has 1 aliphatic heterocycles. The van der Waals surface area contributed by atoms with E-state index in [1.807, 2.05) is 16.0 Å². The number of likely N-dealkylation sites (tertiary alicyclic amines) is 1. The first kappa shape index (κ1) is 20.5. The number of benzene rings is 1. The minimum Gasteiger partial charge on any atom is -0.466 e. The molecule has 1 saturated heterocycles. The Bertz CT molecular complexity index is 1060. The number of hydrogen-bond donors (Lipinski definition) is 0. The van der Waals surface area contributed by atoms with Crippen LogP contribution in [0.5, 0.6) is 0 Å². The molecule has 0 saturated carbocycles. The van der Waals surface area contributed by atoms with E-state index in [-0.39, 0.29) is 23.6 Å². The molecule has 8 heteroatoms. The molecule has 3 aromatic rings. The standard InChI is InChI=1S/C22H24FN3O3S/c1-2-29-21(28)15-6-5-11-25(12-15)20(27)10-9-16-14-30-22-24-19(13-26(16)22)17-7-3-4-8-18(17)23/h3-4,7-8,13-15H,2,5-6,9-12H2,1H3. The third kappa shape index (κ3) is 4.23. The lowest BCUT2D eigenvalue weighted by Gasteiger charge is -2.31. The second-order valence-electron chi connectivity index (χ2n) is 7.42. The highest BCUT2D eigenvalue weighted by Gasteiger charge is 2.29. The van der Waals surface area contributed by atoms with Gasteiger partial charge in [-0.25, -0.2) is 9.37 Å². The van der Waals surface area contributed by atoms with Crippen LogP contribution in [0.15, 0.2) is 35.8 Å². The topological polar surface area (TPSA) is 63.9 Å². The smallest absolute Gasteiger partial charge is 0.310 e. The molecule has 1 aliphatic rings. The number of halogens is 1. The maximum Gasteiger partial charge on any atom is 0.310 e. The fraction of sp³-hybridized carbons (Fsp3) is 0.409. The average Bonchev–Trinajstić information content (AvgIpc) is 3.34. The molecule has 0 spiro atoms. The van der Waals surface area contributed by atoms with Crippen molar-refractivity contribution < 1.29 is 18.7 Å². The first-order chi connectivity index (χ1) is 14.6. The van der Waals surface area contributed by atoms with E-state index in [0.29, 0.717) is 43.8 Å². The molecule has 0 aliphatic carbocycles. The summed E-state index contributed by atoms with van der Waals surface area (Å²) >= 11 is 1.48. The highest BCUT2D eigenvalue weighted by molar-refractivity contribution is 7.15. The summed E-state index contributed by atoms with van der Waals surface area (Å²) < 4.78 is 21.1. The van der Waals surface area contributed by atoms with E-state index in [4.69, 9.17) is 4.74 Å². The van der Waals surface area contributed by atoms with E-state index < -0.39 is 0 Å². The van der Waals surface area contributed by atoms with Gasteiger partial charge in [0.05, 0.1) is 18.2 Å². The van der Waals surface area contributed by atoms with Gasteiger partial charge in [-0.3, -0.25) is 14.0 Å². The van der Waals surface area contributed by atoms with E-state index in [2.05, 4.69) is 4.98 Å². The molecule has 30 heavy (non-hydrogen) atoms. The van der Waals surface area contributed by atoms with Crippen LogP contribution in [0, 0.1) is 11.7 Å². The van der Waals surface area contributed by atoms with E-state index in [1.165, 1.54) is 17.4 Å². The van der Waals surface area contributed by atoms with Crippen molar-refractivity contribution in [3.63, 3.8) is 0 Å². The molecule has 2 aromatic heterocycles. The van der Waals surface area contributed by atoms with Gasteiger partial charge in [-0.2, -0.15) is 0 Å². The molecule has 1 aromatic carbocycles. The number of esters is 1. The first-order valence-corrected chi connectivity index (χ1v) is 11.1. The zero-order valence-electron chi connectivity index (χ0n) is 16.8. The second-order valence-corrected chi connectivity index (χ2v) is 8.25. The molecular formula is C22H24FN3O3S. The number of ether oxygens (including phenoxy) is 1. The van der Waals surface area contributed by atoms with Crippen molar-refractivity contribution in [1.82, 2.24) is 14.3 Å². The molecule has 0 radical (unpaired) electrons. The Kier molecular flexibility index (Phi) is 6.13. The highest BCUT2D eigenvalue weighted by atomic mass is 32.1. The van der Waals surface area contributed by atoms with Gasteiger partial charge < -0.3 is 9.64 Å². The van der Waals surface area contributed by atoms with E-state index >= 15 is 0 Å². The lowest BCUT2D eigenvalue weighted by atomic mass is 9.98. The molecule has 1 fully saturated rings. The average molecular weight is 430 g/mol. The van der Waals surface area contributed by atoms with Gasteiger partial charge in [-0.05, 0) is 38.3 Å². The van der Waals surface area contributed by atoms with Gasteiger partial charge in [-0.1, -0.05) is 12.1 Å². The molecule has 4 rings (SSSR count). The minimum absolute atomic E-state index is 0.0396. The summed E-state index contributed by atoms with van der Waals surface area (Å²) in [5, 5.41) is 1.98. The largest absolute Gasteiger partial charge is 0.466 e. The maximum absolute atomic E-state index is 14.1. The fourth-order valence-corrected chi connectivity index (χ4v) is 4.76. The molecule has 158 valence electrons. The molecule has 1 unspecified atom stereocenters. The maximum atomic E-state index is 14.1. The quantitative estimate of drug-likeness (QED) is 0.557. The van der Waals surface area contributed by atoms with E-state index in [9.17, 15) is 14.0 Å². The van der Waals surface area contributed by atoms with Crippen molar-refractivity contribution >= 4 is 28.2 Å². The van der Waals surface area contributed by atoms with Gasteiger partial charge in [0.2, 0.25) is 5.91 Å². The molecule has 6 nitrogen and oxygen atoms in total. The molecule has 0 bridgehead atoms. The van der Waals surface area contributed by atoms with Crippen LogP contribution in [0.4, 0.5) is 4.39 Å².